The summed E-state index contributed by atoms with van der Waals surface area (Å²) in [5.74, 6) is 0.637. The number of hydrogen-bond acceptors (Lipinski definition) is 4. The van der Waals surface area contributed by atoms with Gasteiger partial charge in [-0.05, 0) is 57.8 Å². The van der Waals surface area contributed by atoms with Crippen LogP contribution in [0.4, 0.5) is 0 Å². The third kappa shape index (κ3) is 8.71. The summed E-state index contributed by atoms with van der Waals surface area (Å²) in [6, 6.07) is 8.53. The first-order chi connectivity index (χ1) is 18.2. The third-order valence-electron chi connectivity index (χ3n) is 8.13. The molecule has 0 saturated heterocycles. The Morgan fingerprint density at radius 3 is 1.15 bits per heavy atom. The molecule has 5 heteroatoms. The summed E-state index contributed by atoms with van der Waals surface area (Å²) in [7, 11) is 0. The first-order valence-electron chi connectivity index (χ1n) is 15.0. The van der Waals surface area contributed by atoms with E-state index in [0.29, 0.717) is 11.5 Å². The summed E-state index contributed by atoms with van der Waals surface area (Å²) in [6.45, 7) is 26.0. The second-order valence-corrected chi connectivity index (χ2v) is 15.9. The van der Waals surface area contributed by atoms with E-state index in [9.17, 15) is 10.2 Å². The van der Waals surface area contributed by atoms with Gasteiger partial charge in [0, 0.05) is 51.8 Å². The van der Waals surface area contributed by atoms with Crippen molar-refractivity contribution in [3.8, 4) is 11.5 Å². The Kier molecular flexibility index (Phi) is 10.8. The molecule has 2 atom stereocenters. The van der Waals surface area contributed by atoms with Crippen LogP contribution in [0.15, 0.2) is 34.3 Å². The minimum atomic E-state index is -0.179. The molecule has 1 aliphatic carbocycles. The van der Waals surface area contributed by atoms with Crippen molar-refractivity contribution in [1.29, 1.82) is 0 Å². The van der Waals surface area contributed by atoms with Gasteiger partial charge in [-0.3, -0.25) is 9.98 Å². The zero-order valence-electron chi connectivity index (χ0n) is 27.6. The van der Waals surface area contributed by atoms with Crippen LogP contribution in [0.5, 0.6) is 11.5 Å². The summed E-state index contributed by atoms with van der Waals surface area (Å²) in [5, 5.41) is 22.5. The molecule has 4 nitrogen and oxygen atoms in total. The van der Waals surface area contributed by atoms with Crippen molar-refractivity contribution in [2.24, 2.45) is 9.98 Å². The fourth-order valence-electron chi connectivity index (χ4n) is 5.31. The molecule has 2 aromatic rings. The van der Waals surface area contributed by atoms with Gasteiger partial charge in [0.1, 0.15) is 11.5 Å². The van der Waals surface area contributed by atoms with E-state index in [1.54, 1.807) is 0 Å². The number of hydrogen-bond donors (Lipinski definition) is 2. The minimum Gasteiger partial charge on any atom is -0.507 e. The summed E-state index contributed by atoms with van der Waals surface area (Å²) >= 11 is 0. The second kappa shape index (κ2) is 12.6. The fraction of sp³-hybridized carbons (Fsp3) is 0.611. The van der Waals surface area contributed by atoms with Crippen LogP contribution in [-0.2, 0) is 38.7 Å². The van der Waals surface area contributed by atoms with Crippen molar-refractivity contribution in [1.82, 2.24) is 0 Å². The minimum absolute atomic E-state index is 0. The van der Waals surface area contributed by atoms with Crippen LogP contribution in [0, 0.1) is 0 Å². The van der Waals surface area contributed by atoms with Crippen molar-refractivity contribution >= 4 is 12.4 Å². The van der Waals surface area contributed by atoms with E-state index in [4.69, 9.17) is 9.98 Å². The van der Waals surface area contributed by atoms with Crippen molar-refractivity contribution in [3.05, 3.63) is 57.6 Å². The van der Waals surface area contributed by atoms with Gasteiger partial charge in [0.2, 0.25) is 0 Å². The zero-order valence-corrected chi connectivity index (χ0v) is 28.7. The maximum absolute atomic E-state index is 11.2. The summed E-state index contributed by atoms with van der Waals surface area (Å²) in [4.78, 5) is 10.1. The first kappa shape index (κ1) is 35.1. The Morgan fingerprint density at radius 1 is 0.561 bits per heavy atom. The average molecular weight is 603 g/mol. The number of phenolic OH excluding ortho intramolecular Hbond substituents is 2. The van der Waals surface area contributed by atoms with Gasteiger partial charge >= 0.3 is 0 Å². The standard InChI is InChI=1S/C36H54N2O2.Fe/c1-33(2,3)25-17-23(31(39)27(19-25)35(7,8)9)21-37-29-15-13-14-16-30(29)38-22-24-18-26(34(4,5)6)20-28(32(24)40)36(10,11)12;/h17-22,29-30,39-40H,13-16H2,1-12H3;/t29-,30-;/m0./s1. The normalized spacial score (nSPS) is 19.1. The van der Waals surface area contributed by atoms with E-state index in [0.717, 1.165) is 47.9 Å². The van der Waals surface area contributed by atoms with Gasteiger partial charge in [0.15, 0.2) is 0 Å². The SMILES string of the molecule is CC(C)(C)c1cc(C=N[C@H]2CCCC[C@@H]2N=Cc2cc(C(C)(C)C)cc(C(C)(C)C)c2O)c(O)c(C(C)(C)C)c1.[Fe]. The van der Waals surface area contributed by atoms with Gasteiger partial charge in [0.25, 0.3) is 0 Å². The van der Waals surface area contributed by atoms with Crippen molar-refractivity contribution in [3.63, 3.8) is 0 Å². The molecule has 0 radical (unpaired) electrons. The van der Waals surface area contributed by atoms with Crippen LogP contribution in [0.1, 0.15) is 142 Å². The zero-order chi connectivity index (χ0) is 30.3. The molecule has 0 aromatic heterocycles. The predicted molar refractivity (Wildman–Crippen MR) is 172 cm³/mol. The Balaban J connectivity index is 0.00000588. The summed E-state index contributed by atoms with van der Waals surface area (Å²) in [6.07, 6.45) is 7.90. The number of nitrogens with zero attached hydrogens (tertiary/aromatic N) is 2. The molecule has 0 unspecified atom stereocenters. The predicted octanol–water partition coefficient (Wildman–Crippen LogP) is 9.13. The third-order valence-corrected chi connectivity index (χ3v) is 8.13. The van der Waals surface area contributed by atoms with Crippen molar-refractivity contribution in [2.75, 3.05) is 0 Å². The second-order valence-electron chi connectivity index (χ2n) is 15.9. The number of rotatable bonds is 4. The monoisotopic (exact) mass is 602 g/mol. The van der Waals surface area contributed by atoms with E-state index in [1.165, 1.54) is 11.1 Å². The molecule has 0 bridgehead atoms. The topological polar surface area (TPSA) is 65.2 Å². The van der Waals surface area contributed by atoms with Crippen LogP contribution in [0.25, 0.3) is 0 Å². The smallest absolute Gasteiger partial charge is 0.128 e. The summed E-state index contributed by atoms with van der Waals surface area (Å²) in [5.41, 5.74) is 5.39. The van der Waals surface area contributed by atoms with Gasteiger partial charge in [-0.2, -0.15) is 0 Å². The molecule has 1 aliphatic rings. The van der Waals surface area contributed by atoms with E-state index in [-0.39, 0.29) is 50.8 Å². The van der Waals surface area contributed by atoms with Crippen molar-refractivity contribution in [2.45, 2.75) is 143 Å². The van der Waals surface area contributed by atoms with Gasteiger partial charge < -0.3 is 10.2 Å². The van der Waals surface area contributed by atoms with Gasteiger partial charge in [-0.25, -0.2) is 0 Å². The van der Waals surface area contributed by atoms with Crippen LogP contribution >= 0.6 is 0 Å². The molecule has 0 aliphatic heterocycles. The largest absolute Gasteiger partial charge is 0.507 e. The van der Waals surface area contributed by atoms with E-state index in [1.807, 2.05) is 12.4 Å². The Bertz CT molecular complexity index is 1170. The molecule has 2 N–H and O–H groups in total. The van der Waals surface area contributed by atoms with Crippen LogP contribution in [-0.4, -0.2) is 34.7 Å². The quantitative estimate of drug-likeness (QED) is 0.271. The van der Waals surface area contributed by atoms with Crippen molar-refractivity contribution < 1.29 is 27.3 Å². The Labute approximate surface area is 260 Å². The molecule has 2 aromatic carbocycles. The molecule has 0 spiro atoms. The molecule has 0 amide bonds. The van der Waals surface area contributed by atoms with Crippen LogP contribution < -0.4 is 0 Å². The Morgan fingerprint density at radius 2 is 0.878 bits per heavy atom. The van der Waals surface area contributed by atoms with Gasteiger partial charge in [-0.15, -0.1) is 0 Å². The molecule has 3 rings (SSSR count). The van der Waals surface area contributed by atoms with Gasteiger partial charge in [-0.1, -0.05) is 108 Å². The van der Waals surface area contributed by atoms with Gasteiger partial charge in [0.05, 0.1) is 12.1 Å². The number of benzene rings is 2. The maximum Gasteiger partial charge on any atom is 0.128 e. The molecule has 228 valence electrons. The fourth-order valence-corrected chi connectivity index (χ4v) is 5.31. The van der Waals surface area contributed by atoms with Crippen LogP contribution in [0.2, 0.25) is 0 Å². The Hall–Kier alpha value is -2.10. The molecular formula is C36H54FeN2O2. The molecule has 1 fully saturated rings. The number of phenols is 2. The molecule has 41 heavy (non-hydrogen) atoms. The number of aliphatic imine (C=N–C) groups is 2. The first-order valence-corrected chi connectivity index (χ1v) is 15.0. The average Bonchev–Trinajstić information content (AvgIpc) is 2.80. The van der Waals surface area contributed by atoms with E-state index < -0.39 is 0 Å². The molecular weight excluding hydrogens is 548 g/mol. The van der Waals surface area contributed by atoms with E-state index >= 15 is 0 Å². The van der Waals surface area contributed by atoms with E-state index in [2.05, 4.69) is 107 Å². The number of aromatic hydroxyl groups is 2. The molecule has 0 heterocycles. The maximum atomic E-state index is 11.2. The molecule has 1 saturated carbocycles. The summed E-state index contributed by atoms with van der Waals surface area (Å²) < 4.78 is 0. The van der Waals surface area contributed by atoms with Crippen LogP contribution in [0.3, 0.4) is 0 Å².